The van der Waals surface area contributed by atoms with Crippen LogP contribution in [-0.4, -0.2) is 22.4 Å². The summed E-state index contributed by atoms with van der Waals surface area (Å²) in [6.07, 6.45) is 5.42. The molecule has 7 rings (SSSR count). The molecular formula is C30H26FN3O2. The van der Waals surface area contributed by atoms with Gasteiger partial charge in [0.2, 0.25) is 11.8 Å². The van der Waals surface area contributed by atoms with Gasteiger partial charge in [-0.05, 0) is 79.8 Å². The summed E-state index contributed by atoms with van der Waals surface area (Å²) < 4.78 is 15.4. The van der Waals surface area contributed by atoms with Gasteiger partial charge in [-0.15, -0.1) is 0 Å². The summed E-state index contributed by atoms with van der Waals surface area (Å²) in [6, 6.07) is 24.0. The predicted octanol–water partition coefficient (Wildman–Crippen LogP) is 5.53. The normalized spacial score (nSPS) is 22.4. The Morgan fingerprint density at radius 1 is 0.917 bits per heavy atom. The lowest BCUT2D eigenvalue weighted by atomic mass is 9.91. The summed E-state index contributed by atoms with van der Waals surface area (Å²) in [5.74, 6) is -0.0123. The van der Waals surface area contributed by atoms with E-state index in [4.69, 9.17) is 0 Å². The lowest BCUT2D eigenvalue weighted by molar-refractivity contribution is -0.124. The van der Waals surface area contributed by atoms with Gasteiger partial charge in [0.25, 0.3) is 0 Å². The summed E-state index contributed by atoms with van der Waals surface area (Å²) in [5, 5.41) is 4.30. The topological polar surface area (TPSA) is 54.3 Å². The number of hydrogen-bond acceptors (Lipinski definition) is 2. The van der Waals surface area contributed by atoms with Gasteiger partial charge < -0.3 is 14.8 Å². The molecule has 5 nitrogen and oxygen atoms in total. The van der Waals surface area contributed by atoms with E-state index in [0.29, 0.717) is 0 Å². The third kappa shape index (κ3) is 3.28. The Kier molecular flexibility index (Phi) is 4.62. The number of fused-ring (bicyclic) bond motifs is 1. The van der Waals surface area contributed by atoms with Crippen LogP contribution in [0.5, 0.6) is 0 Å². The molecule has 1 unspecified atom stereocenters. The number of nitrogens with one attached hydrogen (secondary N) is 1. The maximum atomic E-state index is 14.0. The van der Waals surface area contributed by atoms with Crippen molar-refractivity contribution in [3.8, 4) is 5.69 Å². The highest BCUT2D eigenvalue weighted by molar-refractivity contribution is 6.05. The number of aromatic nitrogens is 1. The number of rotatable bonds is 5. The average Bonchev–Trinajstić information content (AvgIpc) is 3.82. The molecular weight excluding hydrogens is 453 g/mol. The first-order chi connectivity index (χ1) is 17.5. The van der Waals surface area contributed by atoms with Gasteiger partial charge in [0.15, 0.2) is 0 Å². The molecule has 2 heterocycles. The van der Waals surface area contributed by atoms with Crippen molar-refractivity contribution in [1.29, 1.82) is 0 Å². The minimum atomic E-state index is -0.528. The average molecular weight is 480 g/mol. The Labute approximate surface area is 208 Å². The molecule has 1 N–H and O–H groups in total. The molecule has 1 aliphatic heterocycles. The second kappa shape index (κ2) is 7.79. The molecule has 4 aromatic rings. The third-order valence-electron chi connectivity index (χ3n) is 8.07. The molecule has 1 spiro atoms. The van der Waals surface area contributed by atoms with Gasteiger partial charge in [-0.3, -0.25) is 9.59 Å². The van der Waals surface area contributed by atoms with Crippen LogP contribution in [0.15, 0.2) is 85.1 Å². The number of nitrogens with zero attached hydrogens (tertiary/aromatic N) is 2. The molecule has 2 atom stereocenters. The highest BCUT2D eigenvalue weighted by Crippen LogP contribution is 2.60. The maximum absolute atomic E-state index is 14.0. The zero-order valence-electron chi connectivity index (χ0n) is 19.7. The van der Waals surface area contributed by atoms with Crippen LogP contribution in [0.1, 0.15) is 37.3 Å². The number of anilines is 1. The third-order valence-corrected chi connectivity index (χ3v) is 8.07. The van der Waals surface area contributed by atoms with Crippen molar-refractivity contribution in [3.63, 3.8) is 0 Å². The van der Waals surface area contributed by atoms with Crippen LogP contribution in [0.2, 0.25) is 0 Å². The van der Waals surface area contributed by atoms with Crippen molar-refractivity contribution >= 4 is 28.4 Å². The molecule has 6 heteroatoms. The summed E-state index contributed by atoms with van der Waals surface area (Å²) in [5.41, 5.74) is 3.18. The van der Waals surface area contributed by atoms with E-state index in [1.165, 1.54) is 12.1 Å². The van der Waals surface area contributed by atoms with E-state index in [2.05, 4.69) is 5.32 Å². The van der Waals surface area contributed by atoms with Gasteiger partial charge >= 0.3 is 0 Å². The molecule has 1 aromatic heterocycles. The first kappa shape index (κ1) is 21.4. The molecule has 3 aromatic carbocycles. The molecule has 0 radical (unpaired) electrons. The van der Waals surface area contributed by atoms with Crippen LogP contribution in [0.4, 0.5) is 10.1 Å². The van der Waals surface area contributed by atoms with E-state index < -0.39 is 5.41 Å². The van der Waals surface area contributed by atoms with Gasteiger partial charge in [0.1, 0.15) is 5.82 Å². The Morgan fingerprint density at radius 3 is 2.33 bits per heavy atom. The van der Waals surface area contributed by atoms with E-state index >= 15 is 0 Å². The Hall–Kier alpha value is -3.93. The van der Waals surface area contributed by atoms with E-state index in [9.17, 15) is 14.0 Å². The highest BCUT2D eigenvalue weighted by atomic mass is 19.1. The summed E-state index contributed by atoms with van der Waals surface area (Å²) in [4.78, 5) is 28.8. The lowest BCUT2D eigenvalue weighted by Gasteiger charge is -2.29. The van der Waals surface area contributed by atoms with Crippen LogP contribution >= 0.6 is 0 Å². The molecule has 0 bridgehead atoms. The summed E-state index contributed by atoms with van der Waals surface area (Å²) >= 11 is 0. The zero-order valence-corrected chi connectivity index (χ0v) is 19.7. The number of halogens is 1. The molecule has 2 saturated carbocycles. The molecule has 1 saturated heterocycles. The standard InChI is InChI=1S/C30H26FN3O2/c31-22-8-10-23(11-9-22)33-17-14-21-18-24(12-13-25(21)33)34-26(19-4-2-1-3-5-19)27(30(15-16-30)29(34)36)32-28(35)20-6-7-20/h1-5,8-14,17-18,20,26-27H,6-7,15-16H2,(H,32,35)/t26?,27-/m1/s1. The Balaban J connectivity index is 1.31. The molecule has 3 fully saturated rings. The second-order valence-corrected chi connectivity index (χ2v) is 10.4. The monoisotopic (exact) mass is 479 g/mol. The van der Waals surface area contributed by atoms with Crippen LogP contribution < -0.4 is 10.2 Å². The van der Waals surface area contributed by atoms with Gasteiger partial charge in [-0.25, -0.2) is 4.39 Å². The van der Waals surface area contributed by atoms with Gasteiger partial charge in [0.05, 0.1) is 23.0 Å². The van der Waals surface area contributed by atoms with Crippen LogP contribution in [0.25, 0.3) is 16.6 Å². The molecule has 3 aliphatic rings. The highest BCUT2D eigenvalue weighted by Gasteiger charge is 2.67. The first-order valence-corrected chi connectivity index (χ1v) is 12.6. The van der Waals surface area contributed by atoms with Crippen molar-refractivity contribution in [2.75, 3.05) is 4.90 Å². The number of carbonyl (C=O) groups excluding carboxylic acids is 2. The molecule has 2 amide bonds. The fraction of sp³-hybridized carbons (Fsp3) is 0.267. The van der Waals surface area contributed by atoms with E-state index in [-0.39, 0.29) is 35.6 Å². The zero-order chi connectivity index (χ0) is 24.4. The lowest BCUT2D eigenvalue weighted by Crippen LogP contribution is -2.44. The quantitative estimate of drug-likeness (QED) is 0.409. The molecule has 36 heavy (non-hydrogen) atoms. The molecule has 180 valence electrons. The Morgan fingerprint density at radius 2 is 1.64 bits per heavy atom. The number of benzene rings is 3. The van der Waals surface area contributed by atoms with Crippen molar-refractivity contribution in [3.05, 3.63) is 96.4 Å². The van der Waals surface area contributed by atoms with Crippen molar-refractivity contribution in [2.45, 2.75) is 37.8 Å². The molecule has 2 aliphatic carbocycles. The van der Waals surface area contributed by atoms with Crippen LogP contribution in [0.3, 0.4) is 0 Å². The predicted molar refractivity (Wildman–Crippen MR) is 136 cm³/mol. The maximum Gasteiger partial charge on any atom is 0.236 e. The van der Waals surface area contributed by atoms with Crippen molar-refractivity contribution in [1.82, 2.24) is 9.88 Å². The van der Waals surface area contributed by atoms with E-state index in [1.54, 1.807) is 12.1 Å². The van der Waals surface area contributed by atoms with Crippen LogP contribution in [-0.2, 0) is 9.59 Å². The van der Waals surface area contributed by atoms with Gasteiger partial charge in [0, 0.05) is 28.9 Å². The Bertz CT molecular complexity index is 1490. The summed E-state index contributed by atoms with van der Waals surface area (Å²) in [6.45, 7) is 0. The number of amides is 2. The minimum absolute atomic E-state index is 0.0775. The number of carbonyl (C=O) groups is 2. The largest absolute Gasteiger partial charge is 0.350 e. The van der Waals surface area contributed by atoms with Crippen molar-refractivity contribution in [2.24, 2.45) is 11.3 Å². The SMILES string of the molecule is O=C(N[C@@H]1C(c2ccccc2)N(c2ccc3c(ccn3-c3ccc(F)cc3)c2)C(=O)C12CC2)C1CC1. The fourth-order valence-corrected chi connectivity index (χ4v) is 5.82. The summed E-state index contributed by atoms with van der Waals surface area (Å²) in [7, 11) is 0. The minimum Gasteiger partial charge on any atom is -0.350 e. The second-order valence-electron chi connectivity index (χ2n) is 10.4. The van der Waals surface area contributed by atoms with Gasteiger partial charge in [-0.2, -0.15) is 0 Å². The fourth-order valence-electron chi connectivity index (χ4n) is 5.82. The van der Waals surface area contributed by atoms with Crippen molar-refractivity contribution < 1.29 is 14.0 Å². The van der Waals surface area contributed by atoms with Gasteiger partial charge in [-0.1, -0.05) is 30.3 Å². The first-order valence-electron chi connectivity index (χ1n) is 12.6. The van der Waals surface area contributed by atoms with E-state index in [0.717, 1.165) is 53.5 Å². The van der Waals surface area contributed by atoms with Crippen LogP contribution in [0, 0.1) is 17.2 Å². The smallest absolute Gasteiger partial charge is 0.236 e. The number of hydrogen-bond donors (Lipinski definition) is 1. The van der Waals surface area contributed by atoms with E-state index in [1.807, 2.05) is 70.3 Å².